The SMILES string of the molecule is Cc1ccc(OCCCn2cc(/C=C3\SC(=O)N(CC(=O)c4ccc(Cl)cc4)C3=O)c3ccccc32)cc1. The van der Waals surface area contributed by atoms with Crippen molar-refractivity contribution in [2.75, 3.05) is 13.2 Å². The molecule has 1 fully saturated rings. The van der Waals surface area contributed by atoms with Crippen LogP contribution >= 0.6 is 23.4 Å². The van der Waals surface area contributed by atoms with Gasteiger partial charge in [-0.25, -0.2) is 0 Å². The Kier molecular flexibility index (Phi) is 7.67. The smallest absolute Gasteiger partial charge is 0.293 e. The van der Waals surface area contributed by atoms with Crippen LogP contribution in [0.2, 0.25) is 5.02 Å². The third-order valence-electron chi connectivity index (χ3n) is 6.28. The van der Waals surface area contributed by atoms with Gasteiger partial charge in [-0.1, -0.05) is 47.5 Å². The lowest BCUT2D eigenvalue weighted by Gasteiger charge is -2.11. The summed E-state index contributed by atoms with van der Waals surface area (Å²) in [7, 11) is 0. The third-order valence-corrected chi connectivity index (χ3v) is 7.44. The molecular formula is C30H25ClN2O4S. The van der Waals surface area contributed by atoms with Gasteiger partial charge in [-0.15, -0.1) is 0 Å². The van der Waals surface area contributed by atoms with Gasteiger partial charge in [0.1, 0.15) is 5.75 Å². The molecule has 0 unspecified atom stereocenters. The molecule has 1 aromatic heterocycles. The van der Waals surface area contributed by atoms with E-state index >= 15 is 0 Å². The van der Waals surface area contributed by atoms with Crippen LogP contribution in [0.15, 0.2) is 83.9 Å². The summed E-state index contributed by atoms with van der Waals surface area (Å²) in [5.41, 5.74) is 3.46. The van der Waals surface area contributed by atoms with Crippen molar-refractivity contribution in [1.29, 1.82) is 0 Å². The van der Waals surface area contributed by atoms with E-state index in [1.54, 1.807) is 30.3 Å². The van der Waals surface area contributed by atoms with Crippen molar-refractivity contribution in [2.24, 2.45) is 0 Å². The van der Waals surface area contributed by atoms with Crippen LogP contribution in [0.5, 0.6) is 5.75 Å². The van der Waals surface area contributed by atoms with Crippen molar-refractivity contribution in [3.8, 4) is 5.75 Å². The van der Waals surface area contributed by atoms with E-state index in [0.717, 1.165) is 51.8 Å². The van der Waals surface area contributed by atoms with Gasteiger partial charge in [0.2, 0.25) is 0 Å². The molecule has 8 heteroatoms. The predicted octanol–water partition coefficient (Wildman–Crippen LogP) is 6.99. The molecule has 1 aliphatic rings. The normalized spacial score (nSPS) is 14.6. The summed E-state index contributed by atoms with van der Waals surface area (Å²) in [5.74, 6) is 0.0549. The van der Waals surface area contributed by atoms with E-state index in [0.29, 0.717) is 22.1 Å². The van der Waals surface area contributed by atoms with E-state index in [1.165, 1.54) is 5.56 Å². The topological polar surface area (TPSA) is 68.6 Å². The highest BCUT2D eigenvalue weighted by Crippen LogP contribution is 2.34. The summed E-state index contributed by atoms with van der Waals surface area (Å²) in [6.45, 7) is 3.04. The molecule has 38 heavy (non-hydrogen) atoms. The van der Waals surface area contributed by atoms with E-state index in [1.807, 2.05) is 61.7 Å². The molecule has 1 aliphatic heterocycles. The predicted molar refractivity (Wildman–Crippen MR) is 152 cm³/mol. The molecule has 0 atom stereocenters. The van der Waals surface area contributed by atoms with Crippen molar-refractivity contribution >= 4 is 57.3 Å². The fraction of sp³-hybridized carbons (Fsp3) is 0.167. The molecule has 6 nitrogen and oxygen atoms in total. The summed E-state index contributed by atoms with van der Waals surface area (Å²) >= 11 is 6.74. The zero-order valence-electron chi connectivity index (χ0n) is 20.7. The minimum absolute atomic E-state index is 0.296. The van der Waals surface area contributed by atoms with Crippen LogP contribution in [0.1, 0.15) is 27.9 Å². The summed E-state index contributed by atoms with van der Waals surface area (Å²) < 4.78 is 8.00. The first kappa shape index (κ1) is 25.8. The molecule has 1 saturated heterocycles. The minimum atomic E-state index is -0.467. The molecule has 0 saturated carbocycles. The maximum Gasteiger partial charge on any atom is 0.293 e. The van der Waals surface area contributed by atoms with Crippen molar-refractivity contribution in [3.05, 3.63) is 106 Å². The highest BCUT2D eigenvalue weighted by atomic mass is 35.5. The number of amides is 2. The zero-order valence-corrected chi connectivity index (χ0v) is 22.3. The number of halogens is 1. The van der Waals surface area contributed by atoms with Crippen LogP contribution in [0.3, 0.4) is 0 Å². The molecule has 3 aromatic carbocycles. The van der Waals surface area contributed by atoms with E-state index in [4.69, 9.17) is 16.3 Å². The number of thioether (sulfide) groups is 1. The van der Waals surface area contributed by atoms with Gasteiger partial charge in [-0.2, -0.15) is 0 Å². The highest BCUT2D eigenvalue weighted by molar-refractivity contribution is 8.18. The molecule has 0 N–H and O–H groups in total. The molecule has 0 bridgehead atoms. The lowest BCUT2D eigenvalue weighted by Crippen LogP contribution is -2.33. The van der Waals surface area contributed by atoms with Crippen LogP contribution in [0.25, 0.3) is 17.0 Å². The lowest BCUT2D eigenvalue weighted by atomic mass is 10.1. The second-order valence-electron chi connectivity index (χ2n) is 9.01. The summed E-state index contributed by atoms with van der Waals surface area (Å²) in [5, 5.41) is 1.03. The summed E-state index contributed by atoms with van der Waals surface area (Å²) in [6.07, 6.45) is 4.53. The molecule has 2 amide bonds. The second kappa shape index (κ2) is 11.3. The second-order valence-corrected chi connectivity index (χ2v) is 10.4. The number of Topliss-reactive ketones (excluding diaryl/α,β-unsaturated/α-hetero) is 1. The number of aromatic nitrogens is 1. The lowest BCUT2D eigenvalue weighted by molar-refractivity contribution is -0.122. The quantitative estimate of drug-likeness (QED) is 0.129. The Hall–Kier alpha value is -3.81. The fourth-order valence-electron chi connectivity index (χ4n) is 4.28. The first-order valence-electron chi connectivity index (χ1n) is 12.2. The average Bonchev–Trinajstić information content (AvgIpc) is 3.40. The van der Waals surface area contributed by atoms with Gasteiger partial charge in [-0.05, 0) is 73.6 Å². The molecule has 0 spiro atoms. The van der Waals surface area contributed by atoms with Crippen LogP contribution < -0.4 is 4.74 Å². The number of hydrogen-bond donors (Lipinski definition) is 0. The molecule has 2 heterocycles. The Labute approximate surface area is 229 Å². The summed E-state index contributed by atoms with van der Waals surface area (Å²) in [4.78, 5) is 39.6. The number of aryl methyl sites for hydroxylation is 2. The number of rotatable bonds is 9. The number of fused-ring (bicyclic) bond motifs is 1. The van der Waals surface area contributed by atoms with Crippen LogP contribution in [-0.2, 0) is 11.3 Å². The first-order chi connectivity index (χ1) is 18.4. The number of imide groups is 1. The largest absolute Gasteiger partial charge is 0.494 e. The van der Waals surface area contributed by atoms with Crippen molar-refractivity contribution in [1.82, 2.24) is 9.47 Å². The Morgan fingerprint density at radius 1 is 1.00 bits per heavy atom. The Morgan fingerprint density at radius 3 is 2.50 bits per heavy atom. The van der Waals surface area contributed by atoms with Gasteiger partial charge in [0.05, 0.1) is 18.1 Å². The van der Waals surface area contributed by atoms with Gasteiger partial charge >= 0.3 is 0 Å². The standard InChI is InChI=1S/C30H25ClN2O4S/c1-20-7-13-24(14-8-20)37-16-4-15-32-18-22(25-5-2-3-6-26(25)32)17-28-29(35)33(30(36)38-28)19-27(34)21-9-11-23(31)12-10-21/h2-3,5-14,17-18H,4,15-16,19H2,1H3/b28-17-. The monoisotopic (exact) mass is 544 g/mol. The summed E-state index contributed by atoms with van der Waals surface area (Å²) in [6, 6.07) is 22.3. The van der Waals surface area contributed by atoms with E-state index in [2.05, 4.69) is 4.57 Å². The maximum absolute atomic E-state index is 13.1. The molecule has 0 aliphatic carbocycles. The molecule has 4 aromatic rings. The van der Waals surface area contributed by atoms with E-state index < -0.39 is 11.1 Å². The number of para-hydroxylation sites is 1. The van der Waals surface area contributed by atoms with Crippen LogP contribution in [0, 0.1) is 6.92 Å². The fourth-order valence-corrected chi connectivity index (χ4v) is 5.24. The van der Waals surface area contributed by atoms with Gasteiger partial charge in [0, 0.05) is 39.8 Å². The maximum atomic E-state index is 13.1. The number of hydrogen-bond acceptors (Lipinski definition) is 5. The van der Waals surface area contributed by atoms with Crippen molar-refractivity contribution < 1.29 is 19.1 Å². The number of benzene rings is 3. The van der Waals surface area contributed by atoms with Crippen molar-refractivity contribution in [2.45, 2.75) is 19.9 Å². The first-order valence-corrected chi connectivity index (χ1v) is 13.4. The van der Waals surface area contributed by atoms with E-state index in [-0.39, 0.29) is 12.3 Å². The Bertz CT molecular complexity index is 1540. The van der Waals surface area contributed by atoms with Gasteiger partial charge in [0.25, 0.3) is 11.1 Å². The number of carbonyl (C=O) groups is 3. The highest BCUT2D eigenvalue weighted by Gasteiger charge is 2.36. The number of ketones is 1. The molecule has 5 rings (SSSR count). The molecular weight excluding hydrogens is 520 g/mol. The third kappa shape index (κ3) is 5.69. The van der Waals surface area contributed by atoms with Gasteiger partial charge < -0.3 is 9.30 Å². The Balaban J connectivity index is 1.29. The van der Waals surface area contributed by atoms with Crippen molar-refractivity contribution in [3.63, 3.8) is 0 Å². The van der Waals surface area contributed by atoms with Crippen LogP contribution in [-0.4, -0.2) is 39.5 Å². The average molecular weight is 545 g/mol. The van der Waals surface area contributed by atoms with Crippen LogP contribution in [0.4, 0.5) is 4.79 Å². The van der Waals surface area contributed by atoms with E-state index in [9.17, 15) is 14.4 Å². The molecule has 192 valence electrons. The van der Waals surface area contributed by atoms with Gasteiger partial charge in [-0.3, -0.25) is 19.3 Å². The number of carbonyl (C=O) groups excluding carboxylic acids is 3. The number of ether oxygens (including phenoxy) is 1. The van der Waals surface area contributed by atoms with Gasteiger partial charge in [0.15, 0.2) is 5.78 Å². The Morgan fingerprint density at radius 2 is 1.74 bits per heavy atom. The minimum Gasteiger partial charge on any atom is -0.494 e. The number of nitrogens with zero attached hydrogens (tertiary/aromatic N) is 2. The molecule has 0 radical (unpaired) electrons. The zero-order chi connectivity index (χ0) is 26.6.